The first-order valence-electron chi connectivity index (χ1n) is 9.34. The highest BCUT2D eigenvalue weighted by atomic mass is 19.1. The summed E-state index contributed by atoms with van der Waals surface area (Å²) in [5.74, 6) is -3.40. The molecule has 3 aromatic rings. The second kappa shape index (κ2) is 10.2. The molecule has 0 atom stereocenters. The normalized spacial score (nSPS) is 10.2. The summed E-state index contributed by atoms with van der Waals surface area (Å²) in [5, 5.41) is 4.91. The zero-order valence-electron chi connectivity index (χ0n) is 16.9. The Hall–Kier alpha value is -4.27. The Balaban J connectivity index is 1.69. The highest BCUT2D eigenvalue weighted by molar-refractivity contribution is 6.06. The third kappa shape index (κ3) is 5.45. The highest BCUT2D eigenvalue weighted by Crippen LogP contribution is 2.22. The second-order valence-electron chi connectivity index (χ2n) is 6.45. The molecule has 3 aromatic carbocycles. The van der Waals surface area contributed by atoms with E-state index < -0.39 is 36.0 Å². The number of carbonyl (C=O) groups is 3. The smallest absolute Gasteiger partial charge is 0.340 e. The Morgan fingerprint density at radius 2 is 1.56 bits per heavy atom. The third-order valence-corrected chi connectivity index (χ3v) is 4.27. The third-order valence-electron chi connectivity index (χ3n) is 4.27. The van der Waals surface area contributed by atoms with Gasteiger partial charge in [-0.1, -0.05) is 24.3 Å². The minimum Gasteiger partial charge on any atom is -0.483 e. The number of hydrogen-bond donors (Lipinski definition) is 2. The van der Waals surface area contributed by atoms with Crippen LogP contribution in [0.25, 0.3) is 0 Å². The molecular formula is C23H18F2N2O5. The Labute approximate surface area is 182 Å². The summed E-state index contributed by atoms with van der Waals surface area (Å²) < 4.78 is 37.4. The van der Waals surface area contributed by atoms with E-state index in [1.807, 2.05) is 0 Å². The summed E-state index contributed by atoms with van der Waals surface area (Å²) >= 11 is 0. The van der Waals surface area contributed by atoms with Gasteiger partial charge in [0.05, 0.1) is 23.9 Å². The number of ether oxygens (including phenoxy) is 2. The van der Waals surface area contributed by atoms with Crippen molar-refractivity contribution in [2.45, 2.75) is 0 Å². The van der Waals surface area contributed by atoms with Crippen LogP contribution in [-0.2, 0) is 9.53 Å². The molecule has 0 saturated carbocycles. The van der Waals surface area contributed by atoms with Crippen molar-refractivity contribution in [3.63, 3.8) is 0 Å². The van der Waals surface area contributed by atoms with Crippen molar-refractivity contribution < 1.29 is 32.6 Å². The first-order valence-corrected chi connectivity index (χ1v) is 9.34. The average Bonchev–Trinajstić information content (AvgIpc) is 2.80. The van der Waals surface area contributed by atoms with Gasteiger partial charge in [-0.05, 0) is 42.5 Å². The van der Waals surface area contributed by atoms with Crippen LogP contribution in [0.1, 0.15) is 20.7 Å². The number of carbonyl (C=O) groups excluding carboxylic acids is 3. The Kier molecular flexibility index (Phi) is 7.12. The zero-order chi connectivity index (χ0) is 23.1. The SMILES string of the molecule is COC(=O)c1cc(NC(=O)c2ccccc2OCC(=O)Nc2ccccc2F)ccc1F. The maximum atomic E-state index is 13.8. The van der Waals surface area contributed by atoms with Crippen molar-refractivity contribution >= 4 is 29.2 Å². The standard InChI is InChI=1S/C23H18F2N2O5/c1-31-23(30)16-12-14(10-11-17(16)24)26-22(29)15-6-2-5-9-20(15)32-13-21(28)27-19-8-4-3-7-18(19)25/h2-12H,13H2,1H3,(H,26,29)(H,27,28). The minimum absolute atomic E-state index is 0.00449. The molecule has 0 aliphatic heterocycles. The molecule has 0 saturated heterocycles. The van der Waals surface area contributed by atoms with E-state index in [4.69, 9.17) is 4.74 Å². The molecule has 0 heterocycles. The van der Waals surface area contributed by atoms with E-state index in [9.17, 15) is 23.2 Å². The maximum absolute atomic E-state index is 13.8. The first-order chi connectivity index (χ1) is 15.4. The molecule has 7 nitrogen and oxygen atoms in total. The topological polar surface area (TPSA) is 93.7 Å². The molecule has 32 heavy (non-hydrogen) atoms. The van der Waals surface area contributed by atoms with Crippen LogP contribution in [0.4, 0.5) is 20.2 Å². The molecule has 3 rings (SSSR count). The number of benzene rings is 3. The quantitative estimate of drug-likeness (QED) is 0.542. The number of rotatable bonds is 7. The van der Waals surface area contributed by atoms with Gasteiger partial charge in [-0.15, -0.1) is 0 Å². The molecule has 0 aliphatic carbocycles. The van der Waals surface area contributed by atoms with Gasteiger partial charge in [-0.3, -0.25) is 9.59 Å². The predicted octanol–water partition coefficient (Wildman–Crippen LogP) is 4.02. The molecule has 0 bridgehead atoms. The fourth-order valence-electron chi connectivity index (χ4n) is 2.74. The molecule has 2 N–H and O–H groups in total. The van der Waals surface area contributed by atoms with E-state index in [0.29, 0.717) is 0 Å². The maximum Gasteiger partial charge on any atom is 0.340 e. The molecule has 0 aromatic heterocycles. The first kappa shape index (κ1) is 22.4. The summed E-state index contributed by atoms with van der Waals surface area (Å²) in [6, 6.07) is 15.3. The molecule has 0 spiro atoms. The van der Waals surface area contributed by atoms with Crippen molar-refractivity contribution in [1.82, 2.24) is 0 Å². The Bertz CT molecular complexity index is 1170. The van der Waals surface area contributed by atoms with Crippen molar-refractivity contribution in [1.29, 1.82) is 0 Å². The van der Waals surface area contributed by atoms with Crippen LogP contribution in [0.5, 0.6) is 5.75 Å². The summed E-state index contributed by atoms with van der Waals surface area (Å²) in [6.45, 7) is -0.471. The largest absolute Gasteiger partial charge is 0.483 e. The van der Waals surface area contributed by atoms with Crippen LogP contribution >= 0.6 is 0 Å². The van der Waals surface area contributed by atoms with Gasteiger partial charge in [0.25, 0.3) is 11.8 Å². The van der Waals surface area contributed by atoms with Crippen molar-refractivity contribution in [2.75, 3.05) is 24.4 Å². The number of para-hydroxylation sites is 2. The van der Waals surface area contributed by atoms with Crippen LogP contribution in [0.15, 0.2) is 66.7 Å². The summed E-state index contributed by atoms with van der Waals surface area (Å²) in [5.41, 5.74) is -0.0801. The molecule has 0 unspecified atom stereocenters. The lowest BCUT2D eigenvalue weighted by Crippen LogP contribution is -2.22. The molecule has 2 amide bonds. The molecular weight excluding hydrogens is 422 g/mol. The molecule has 0 radical (unpaired) electrons. The number of amides is 2. The molecule has 0 fully saturated rings. The number of nitrogens with one attached hydrogen (secondary N) is 2. The van der Waals surface area contributed by atoms with Crippen LogP contribution in [0, 0.1) is 11.6 Å². The van der Waals surface area contributed by atoms with Crippen LogP contribution in [-0.4, -0.2) is 31.5 Å². The van der Waals surface area contributed by atoms with Crippen molar-refractivity contribution in [3.8, 4) is 5.75 Å². The van der Waals surface area contributed by atoms with Crippen molar-refractivity contribution in [3.05, 3.63) is 89.5 Å². The number of anilines is 2. The molecule has 0 aliphatic rings. The monoisotopic (exact) mass is 440 g/mol. The number of hydrogen-bond acceptors (Lipinski definition) is 5. The number of esters is 1. The van der Waals surface area contributed by atoms with Gasteiger partial charge in [0.15, 0.2) is 6.61 Å². The van der Waals surface area contributed by atoms with E-state index in [1.54, 1.807) is 18.2 Å². The lowest BCUT2D eigenvalue weighted by atomic mass is 10.1. The minimum atomic E-state index is -0.886. The Morgan fingerprint density at radius 1 is 0.844 bits per heavy atom. The number of halogens is 2. The van der Waals surface area contributed by atoms with Gasteiger partial charge in [0.2, 0.25) is 0 Å². The summed E-state index contributed by atoms with van der Waals surface area (Å²) in [7, 11) is 1.11. The average molecular weight is 440 g/mol. The summed E-state index contributed by atoms with van der Waals surface area (Å²) in [6.07, 6.45) is 0. The molecule has 164 valence electrons. The van der Waals surface area contributed by atoms with E-state index in [2.05, 4.69) is 15.4 Å². The Morgan fingerprint density at radius 3 is 2.31 bits per heavy atom. The van der Waals surface area contributed by atoms with Crippen LogP contribution in [0.2, 0.25) is 0 Å². The van der Waals surface area contributed by atoms with E-state index in [0.717, 1.165) is 19.2 Å². The van der Waals surface area contributed by atoms with Crippen LogP contribution < -0.4 is 15.4 Å². The van der Waals surface area contributed by atoms with Gasteiger partial charge in [-0.2, -0.15) is 0 Å². The highest BCUT2D eigenvalue weighted by Gasteiger charge is 2.17. The molecule has 9 heteroatoms. The van der Waals surface area contributed by atoms with Gasteiger partial charge >= 0.3 is 5.97 Å². The van der Waals surface area contributed by atoms with Gasteiger partial charge < -0.3 is 20.1 Å². The van der Waals surface area contributed by atoms with Crippen molar-refractivity contribution in [2.24, 2.45) is 0 Å². The predicted molar refractivity (Wildman–Crippen MR) is 113 cm³/mol. The van der Waals surface area contributed by atoms with Gasteiger partial charge in [0, 0.05) is 5.69 Å². The second-order valence-corrected chi connectivity index (χ2v) is 6.45. The number of methoxy groups -OCH3 is 1. The zero-order valence-corrected chi connectivity index (χ0v) is 16.9. The lowest BCUT2D eigenvalue weighted by Gasteiger charge is -2.12. The van der Waals surface area contributed by atoms with E-state index in [-0.39, 0.29) is 28.3 Å². The van der Waals surface area contributed by atoms with Gasteiger partial charge in [0.1, 0.15) is 17.4 Å². The summed E-state index contributed by atoms with van der Waals surface area (Å²) in [4.78, 5) is 36.4. The fraction of sp³-hybridized carbons (Fsp3) is 0.0870. The van der Waals surface area contributed by atoms with Crippen LogP contribution in [0.3, 0.4) is 0 Å². The van der Waals surface area contributed by atoms with E-state index in [1.165, 1.54) is 36.4 Å². The van der Waals surface area contributed by atoms with Gasteiger partial charge in [-0.25, -0.2) is 13.6 Å². The lowest BCUT2D eigenvalue weighted by molar-refractivity contribution is -0.118. The van der Waals surface area contributed by atoms with E-state index >= 15 is 0 Å². The fourth-order valence-corrected chi connectivity index (χ4v) is 2.74.